The van der Waals surface area contributed by atoms with Gasteiger partial charge in [-0.1, -0.05) is 80.6 Å². The van der Waals surface area contributed by atoms with Crippen LogP contribution in [0.2, 0.25) is 0 Å². The molecule has 1 saturated carbocycles. The summed E-state index contributed by atoms with van der Waals surface area (Å²) >= 11 is 0. The first kappa shape index (κ1) is 15.1. The highest BCUT2D eigenvalue weighted by atomic mass is 15.2. The summed E-state index contributed by atoms with van der Waals surface area (Å²) in [7, 11) is 0. The van der Waals surface area contributed by atoms with Gasteiger partial charge in [0.05, 0.1) is 0 Å². The fraction of sp³-hybridized carbons (Fsp3) is 0.333. The molecule has 3 rings (SSSR count). The molecular formula is C21H25N. The summed E-state index contributed by atoms with van der Waals surface area (Å²) < 4.78 is 0. The second-order valence-electron chi connectivity index (χ2n) is 6.90. The largest absolute Gasteiger partial charge is 0.291 e. The summed E-state index contributed by atoms with van der Waals surface area (Å²) in [5.41, 5.74) is 3.08. The number of hydrogen-bond acceptors (Lipinski definition) is 1. The molecule has 0 heterocycles. The maximum atomic E-state index is 4.04. The molecule has 114 valence electrons. The molecule has 2 atom stereocenters. The minimum absolute atomic E-state index is 0.325. The maximum Gasteiger partial charge on any atom is 0.0240 e. The van der Waals surface area contributed by atoms with Gasteiger partial charge >= 0.3 is 0 Å². The fourth-order valence-corrected chi connectivity index (χ4v) is 3.67. The highest BCUT2D eigenvalue weighted by molar-refractivity contribution is 5.23. The summed E-state index contributed by atoms with van der Waals surface area (Å²) in [5, 5.41) is 0. The Balaban J connectivity index is 1.81. The average Bonchev–Trinajstić information content (AvgIpc) is 3.10. The lowest BCUT2D eigenvalue weighted by molar-refractivity contribution is 0.216. The smallest absolute Gasteiger partial charge is 0.0240 e. The van der Waals surface area contributed by atoms with Crippen LogP contribution in [0.4, 0.5) is 0 Å². The van der Waals surface area contributed by atoms with Crippen molar-refractivity contribution in [2.45, 2.75) is 33.0 Å². The normalized spacial score (nSPS) is 22.5. The van der Waals surface area contributed by atoms with Crippen LogP contribution in [0.1, 0.15) is 25.0 Å². The number of nitrogens with zero attached hydrogens (tertiary/aromatic N) is 1. The zero-order chi connectivity index (χ0) is 15.6. The van der Waals surface area contributed by atoms with Crippen molar-refractivity contribution in [2.75, 3.05) is 0 Å². The van der Waals surface area contributed by atoms with Crippen molar-refractivity contribution in [1.29, 1.82) is 0 Å². The van der Waals surface area contributed by atoms with Gasteiger partial charge in [-0.25, -0.2) is 0 Å². The quantitative estimate of drug-likeness (QED) is 0.684. The van der Waals surface area contributed by atoms with Crippen molar-refractivity contribution >= 4 is 0 Å². The van der Waals surface area contributed by atoms with Gasteiger partial charge in [-0.05, 0) is 22.5 Å². The second kappa shape index (κ2) is 6.10. The van der Waals surface area contributed by atoms with Gasteiger partial charge in [-0.15, -0.1) is 6.58 Å². The van der Waals surface area contributed by atoms with E-state index in [2.05, 4.69) is 92.1 Å². The van der Waals surface area contributed by atoms with Gasteiger partial charge in [0.15, 0.2) is 0 Å². The summed E-state index contributed by atoms with van der Waals surface area (Å²) in [4.78, 5) is 2.61. The molecule has 1 aliphatic carbocycles. The zero-order valence-electron chi connectivity index (χ0n) is 13.6. The Morgan fingerprint density at radius 3 is 1.73 bits per heavy atom. The Hall–Kier alpha value is -1.86. The first-order valence-electron chi connectivity index (χ1n) is 8.07. The molecule has 0 amide bonds. The summed E-state index contributed by atoms with van der Waals surface area (Å²) in [6.45, 7) is 10.7. The summed E-state index contributed by atoms with van der Waals surface area (Å²) in [5.74, 6) is 0.583. The van der Waals surface area contributed by atoms with Crippen molar-refractivity contribution in [3.8, 4) is 0 Å². The average molecular weight is 291 g/mol. The van der Waals surface area contributed by atoms with Gasteiger partial charge in [0, 0.05) is 19.1 Å². The van der Waals surface area contributed by atoms with Crippen molar-refractivity contribution < 1.29 is 0 Å². The third kappa shape index (κ3) is 3.00. The Kier molecular flexibility index (Phi) is 4.17. The van der Waals surface area contributed by atoms with Gasteiger partial charge in [-0.3, -0.25) is 4.90 Å². The van der Waals surface area contributed by atoms with Crippen molar-refractivity contribution in [3.05, 3.63) is 84.4 Å². The van der Waals surface area contributed by atoms with Crippen LogP contribution < -0.4 is 0 Å². The second-order valence-corrected chi connectivity index (χ2v) is 6.90. The molecule has 0 radical (unpaired) electrons. The molecule has 0 unspecified atom stereocenters. The fourth-order valence-electron chi connectivity index (χ4n) is 3.67. The molecule has 1 heteroatoms. The monoisotopic (exact) mass is 291 g/mol. The molecule has 22 heavy (non-hydrogen) atoms. The first-order valence-corrected chi connectivity index (χ1v) is 8.07. The van der Waals surface area contributed by atoms with E-state index in [1.54, 1.807) is 0 Å². The molecule has 0 saturated heterocycles. The lowest BCUT2D eigenvalue weighted by Crippen LogP contribution is -2.28. The summed E-state index contributed by atoms with van der Waals surface area (Å²) in [6, 6.07) is 22.1. The van der Waals surface area contributed by atoms with Crippen LogP contribution in [0.25, 0.3) is 0 Å². The third-order valence-corrected chi connectivity index (χ3v) is 4.96. The topological polar surface area (TPSA) is 3.24 Å². The third-order valence-electron chi connectivity index (χ3n) is 4.96. The molecular weight excluding hydrogens is 266 g/mol. The van der Waals surface area contributed by atoms with Crippen LogP contribution in [0.5, 0.6) is 0 Å². The van der Waals surface area contributed by atoms with Crippen molar-refractivity contribution in [3.63, 3.8) is 0 Å². The van der Waals surface area contributed by atoms with E-state index in [4.69, 9.17) is 0 Å². The highest BCUT2D eigenvalue weighted by Crippen LogP contribution is 2.56. The maximum absolute atomic E-state index is 4.04. The van der Waals surface area contributed by atoms with E-state index < -0.39 is 0 Å². The lowest BCUT2D eigenvalue weighted by atomic mass is 10.1. The highest BCUT2D eigenvalue weighted by Gasteiger charge is 2.58. The van der Waals surface area contributed by atoms with E-state index in [0.29, 0.717) is 17.4 Å². The van der Waals surface area contributed by atoms with Gasteiger partial charge < -0.3 is 0 Å². The van der Waals surface area contributed by atoms with Crippen LogP contribution >= 0.6 is 0 Å². The van der Waals surface area contributed by atoms with E-state index in [1.165, 1.54) is 11.1 Å². The molecule has 2 aromatic rings. The van der Waals surface area contributed by atoms with Gasteiger partial charge in [0.1, 0.15) is 0 Å². The lowest BCUT2D eigenvalue weighted by Gasteiger charge is -2.24. The minimum Gasteiger partial charge on any atom is -0.291 e. The van der Waals surface area contributed by atoms with Gasteiger partial charge in [0.2, 0.25) is 0 Å². The SMILES string of the molecule is C=C[C@H]1[C@@H](N(Cc2ccccc2)Cc2ccccc2)C1(C)C. The van der Waals surface area contributed by atoms with Crippen LogP contribution in [0, 0.1) is 11.3 Å². The predicted molar refractivity (Wildman–Crippen MR) is 93.4 cm³/mol. The van der Waals surface area contributed by atoms with Gasteiger partial charge in [-0.2, -0.15) is 0 Å². The molecule has 1 nitrogen and oxygen atoms in total. The van der Waals surface area contributed by atoms with E-state index in [0.717, 1.165) is 13.1 Å². The number of rotatable bonds is 6. The molecule has 0 aliphatic heterocycles. The van der Waals surface area contributed by atoms with Crippen LogP contribution in [-0.4, -0.2) is 10.9 Å². The molecule has 0 bridgehead atoms. The number of benzene rings is 2. The van der Waals surface area contributed by atoms with E-state index in [9.17, 15) is 0 Å². The van der Waals surface area contributed by atoms with Crippen LogP contribution in [0.3, 0.4) is 0 Å². The molecule has 0 spiro atoms. The molecule has 2 aromatic carbocycles. The van der Waals surface area contributed by atoms with E-state index in [1.807, 2.05) is 0 Å². The van der Waals surface area contributed by atoms with E-state index >= 15 is 0 Å². The zero-order valence-corrected chi connectivity index (χ0v) is 13.6. The van der Waals surface area contributed by atoms with E-state index in [-0.39, 0.29) is 0 Å². The minimum atomic E-state index is 0.325. The predicted octanol–water partition coefficient (Wildman–Crippen LogP) is 4.90. The Labute approximate surface area is 134 Å². The Morgan fingerprint density at radius 2 is 1.36 bits per heavy atom. The molecule has 1 aliphatic rings. The first-order chi connectivity index (χ1) is 10.6. The van der Waals surface area contributed by atoms with Crippen molar-refractivity contribution in [2.24, 2.45) is 11.3 Å². The summed E-state index contributed by atoms with van der Waals surface area (Å²) in [6.07, 6.45) is 2.13. The standard InChI is InChI=1S/C21H25N/c1-4-19-20(21(19,2)3)22(15-17-11-7-5-8-12-17)16-18-13-9-6-10-14-18/h4-14,19-20H,1,15-16H2,2-3H3/t19-,20+/m0/s1. The number of hydrogen-bond donors (Lipinski definition) is 0. The van der Waals surface area contributed by atoms with Crippen LogP contribution in [0.15, 0.2) is 73.3 Å². The molecule has 0 N–H and O–H groups in total. The van der Waals surface area contributed by atoms with Gasteiger partial charge in [0.25, 0.3) is 0 Å². The Morgan fingerprint density at radius 1 is 0.909 bits per heavy atom. The Bertz CT molecular complexity index is 573. The van der Waals surface area contributed by atoms with Crippen LogP contribution in [-0.2, 0) is 13.1 Å². The molecule has 1 fully saturated rings. The van der Waals surface area contributed by atoms with Crippen molar-refractivity contribution in [1.82, 2.24) is 4.90 Å². The molecule has 0 aromatic heterocycles.